The zero-order valence-corrected chi connectivity index (χ0v) is 14.7. The van der Waals surface area contributed by atoms with E-state index in [-0.39, 0.29) is 37.0 Å². The highest BCUT2D eigenvalue weighted by atomic mass is 16.5. The number of methoxy groups -OCH3 is 1. The topological polar surface area (TPSA) is 91.8 Å². The van der Waals surface area contributed by atoms with Gasteiger partial charge in [0.15, 0.2) is 0 Å². The molecule has 138 valence electrons. The molecule has 1 aliphatic rings. The quantitative estimate of drug-likeness (QED) is 0.827. The van der Waals surface area contributed by atoms with Gasteiger partial charge in [0.25, 0.3) is 5.91 Å². The number of benzene rings is 1. The lowest BCUT2D eigenvalue weighted by Gasteiger charge is -2.38. The molecule has 2 atom stereocenters. The van der Waals surface area contributed by atoms with Gasteiger partial charge in [-0.1, -0.05) is 6.07 Å². The average molecular weight is 357 g/mol. The molecule has 0 spiro atoms. The van der Waals surface area contributed by atoms with Crippen LogP contribution in [-0.2, 0) is 9.53 Å². The Morgan fingerprint density at radius 3 is 3.00 bits per heavy atom. The van der Waals surface area contributed by atoms with E-state index in [1.54, 1.807) is 17.2 Å². The lowest BCUT2D eigenvalue weighted by molar-refractivity contribution is -0.126. The Morgan fingerprint density at radius 2 is 2.23 bits per heavy atom. The molecule has 1 aliphatic heterocycles. The summed E-state index contributed by atoms with van der Waals surface area (Å²) in [5, 5.41) is 13.5. The summed E-state index contributed by atoms with van der Waals surface area (Å²) in [4.78, 5) is 30.6. The van der Waals surface area contributed by atoms with Gasteiger partial charge >= 0.3 is 0 Å². The minimum Gasteiger partial charge on any atom is -0.396 e. The molecule has 7 nitrogen and oxygen atoms in total. The van der Waals surface area contributed by atoms with Crippen LogP contribution in [0.4, 0.5) is 0 Å². The fourth-order valence-corrected chi connectivity index (χ4v) is 3.36. The average Bonchev–Trinajstić information content (AvgIpc) is 2.67. The lowest BCUT2D eigenvalue weighted by Crippen LogP contribution is -2.54. The van der Waals surface area contributed by atoms with Crippen molar-refractivity contribution in [2.24, 2.45) is 5.92 Å². The summed E-state index contributed by atoms with van der Waals surface area (Å²) < 4.78 is 4.82. The van der Waals surface area contributed by atoms with Crippen LogP contribution >= 0.6 is 0 Å². The van der Waals surface area contributed by atoms with Crippen LogP contribution < -0.4 is 5.32 Å². The van der Waals surface area contributed by atoms with Gasteiger partial charge in [0.05, 0.1) is 5.52 Å². The maximum atomic E-state index is 12.9. The molecule has 1 aromatic heterocycles. The third-order valence-corrected chi connectivity index (χ3v) is 4.73. The van der Waals surface area contributed by atoms with Gasteiger partial charge in [-0.05, 0) is 30.7 Å². The number of piperidine rings is 1. The first-order valence-corrected chi connectivity index (χ1v) is 8.65. The van der Waals surface area contributed by atoms with Crippen LogP contribution in [0.25, 0.3) is 10.9 Å². The van der Waals surface area contributed by atoms with E-state index < -0.39 is 0 Å². The summed E-state index contributed by atoms with van der Waals surface area (Å²) in [6.07, 6.45) is 2.32. The number of rotatable bonds is 5. The van der Waals surface area contributed by atoms with Crippen molar-refractivity contribution in [3.05, 3.63) is 42.1 Å². The first-order valence-electron chi connectivity index (χ1n) is 8.65. The summed E-state index contributed by atoms with van der Waals surface area (Å²) in [5.41, 5.74) is 1.45. The molecule has 0 aliphatic carbocycles. The van der Waals surface area contributed by atoms with Crippen LogP contribution in [0.3, 0.4) is 0 Å². The van der Waals surface area contributed by atoms with Crippen molar-refractivity contribution in [2.75, 3.05) is 33.4 Å². The zero-order chi connectivity index (χ0) is 18.5. The number of fused-ring (bicyclic) bond motifs is 1. The van der Waals surface area contributed by atoms with Crippen molar-refractivity contribution in [1.82, 2.24) is 15.2 Å². The fraction of sp³-hybridized carbons (Fsp3) is 0.421. The summed E-state index contributed by atoms with van der Waals surface area (Å²) in [7, 11) is 1.46. The molecule has 0 bridgehead atoms. The molecular weight excluding hydrogens is 334 g/mol. The monoisotopic (exact) mass is 357 g/mol. The molecule has 1 aromatic carbocycles. The number of ether oxygens (including phenoxy) is 1. The highest BCUT2D eigenvalue weighted by Gasteiger charge is 2.32. The van der Waals surface area contributed by atoms with E-state index in [4.69, 9.17) is 4.74 Å². The van der Waals surface area contributed by atoms with Crippen molar-refractivity contribution in [2.45, 2.75) is 12.5 Å². The summed E-state index contributed by atoms with van der Waals surface area (Å²) in [5.74, 6) is -0.482. The van der Waals surface area contributed by atoms with Gasteiger partial charge in [0, 0.05) is 55.9 Å². The van der Waals surface area contributed by atoms with Crippen LogP contribution in [-0.4, -0.2) is 66.3 Å². The van der Waals surface area contributed by atoms with Crippen molar-refractivity contribution >= 4 is 22.7 Å². The van der Waals surface area contributed by atoms with Gasteiger partial charge in [-0.2, -0.15) is 0 Å². The molecule has 1 saturated heterocycles. The number of pyridine rings is 1. The molecule has 3 rings (SSSR count). The molecule has 2 aromatic rings. The fourth-order valence-electron chi connectivity index (χ4n) is 3.36. The van der Waals surface area contributed by atoms with Crippen molar-refractivity contribution < 1.29 is 19.4 Å². The van der Waals surface area contributed by atoms with E-state index in [9.17, 15) is 14.7 Å². The van der Waals surface area contributed by atoms with E-state index >= 15 is 0 Å². The number of amides is 2. The maximum Gasteiger partial charge on any atom is 0.253 e. The molecule has 26 heavy (non-hydrogen) atoms. The van der Waals surface area contributed by atoms with E-state index in [1.165, 1.54) is 7.11 Å². The van der Waals surface area contributed by atoms with Gasteiger partial charge in [0.2, 0.25) is 5.91 Å². The number of carbonyl (C=O) groups is 2. The number of nitrogens with zero attached hydrogens (tertiary/aromatic N) is 2. The van der Waals surface area contributed by atoms with E-state index in [2.05, 4.69) is 10.3 Å². The summed E-state index contributed by atoms with van der Waals surface area (Å²) >= 11 is 0. The van der Waals surface area contributed by atoms with Gasteiger partial charge in [-0.3, -0.25) is 14.6 Å². The number of nitrogens with one attached hydrogen (secondary N) is 1. The Kier molecular flexibility index (Phi) is 5.80. The smallest absolute Gasteiger partial charge is 0.253 e. The molecule has 0 radical (unpaired) electrons. The normalized spacial score (nSPS) is 20.2. The third-order valence-electron chi connectivity index (χ3n) is 4.73. The molecular formula is C19H23N3O4. The zero-order valence-electron chi connectivity index (χ0n) is 14.7. The molecule has 2 amide bonds. The highest BCUT2D eigenvalue weighted by molar-refractivity contribution is 5.98. The Morgan fingerprint density at radius 1 is 1.38 bits per heavy atom. The second-order valence-electron chi connectivity index (χ2n) is 6.50. The number of aliphatic hydroxyl groups is 1. The van der Waals surface area contributed by atoms with Gasteiger partial charge < -0.3 is 20.1 Å². The predicted octanol–water partition coefficient (Wildman–Crippen LogP) is 0.820. The maximum absolute atomic E-state index is 12.9. The Hall–Kier alpha value is -2.51. The van der Waals surface area contributed by atoms with Crippen LogP contribution in [0.2, 0.25) is 0 Å². The van der Waals surface area contributed by atoms with Gasteiger partial charge in [0.1, 0.15) is 6.61 Å². The lowest BCUT2D eigenvalue weighted by atomic mass is 9.92. The van der Waals surface area contributed by atoms with E-state index in [1.807, 2.05) is 24.3 Å². The van der Waals surface area contributed by atoms with Gasteiger partial charge in [-0.15, -0.1) is 0 Å². The molecule has 7 heteroatoms. The molecule has 0 unspecified atom stereocenters. The largest absolute Gasteiger partial charge is 0.396 e. The first kappa shape index (κ1) is 18.3. The first-order chi connectivity index (χ1) is 12.6. The van der Waals surface area contributed by atoms with Crippen LogP contribution in [0.5, 0.6) is 0 Å². The summed E-state index contributed by atoms with van der Waals surface area (Å²) in [6, 6.07) is 9.06. The Balaban J connectivity index is 1.69. The van der Waals surface area contributed by atoms with E-state index in [0.717, 1.165) is 10.9 Å². The standard InChI is InChI=1S/C19H23N3O4/c1-26-12-18(24)21-17-6-8-22(10-15(17)11-23)19(25)14-4-5-16-13(9-14)3-2-7-20-16/h2-5,7,9,15,17,23H,6,8,10-12H2,1H3,(H,21,24)/t15-,17-/m1/s1. The SMILES string of the molecule is COCC(=O)N[C@@H]1CCN(C(=O)c2ccc3ncccc3c2)C[C@@H]1CO. The summed E-state index contributed by atoms with van der Waals surface area (Å²) in [6.45, 7) is 0.822. The highest BCUT2D eigenvalue weighted by Crippen LogP contribution is 2.21. The number of likely N-dealkylation sites (tertiary alicyclic amines) is 1. The van der Waals surface area contributed by atoms with Crippen molar-refractivity contribution in [3.63, 3.8) is 0 Å². The van der Waals surface area contributed by atoms with E-state index in [0.29, 0.717) is 25.1 Å². The molecule has 2 N–H and O–H groups in total. The number of aromatic nitrogens is 1. The second kappa shape index (κ2) is 8.25. The molecule has 1 fully saturated rings. The van der Waals surface area contributed by atoms with Crippen LogP contribution in [0.15, 0.2) is 36.5 Å². The Bertz CT molecular complexity index is 795. The van der Waals surface area contributed by atoms with Crippen LogP contribution in [0.1, 0.15) is 16.8 Å². The van der Waals surface area contributed by atoms with Crippen molar-refractivity contribution in [3.8, 4) is 0 Å². The number of hydrogen-bond donors (Lipinski definition) is 2. The number of hydrogen-bond acceptors (Lipinski definition) is 5. The van der Waals surface area contributed by atoms with Crippen molar-refractivity contribution in [1.29, 1.82) is 0 Å². The second-order valence-corrected chi connectivity index (χ2v) is 6.50. The molecule has 0 saturated carbocycles. The minimum absolute atomic E-state index is 0.0115. The van der Waals surface area contributed by atoms with Gasteiger partial charge in [-0.25, -0.2) is 0 Å². The number of carbonyl (C=O) groups excluding carboxylic acids is 2. The minimum atomic E-state index is -0.210. The number of aliphatic hydroxyl groups excluding tert-OH is 1. The van der Waals surface area contributed by atoms with Crippen LogP contribution in [0, 0.1) is 5.92 Å². The third kappa shape index (κ3) is 4.00. The molecule has 2 heterocycles. The predicted molar refractivity (Wildman–Crippen MR) is 96.6 cm³/mol. The Labute approximate surface area is 152 Å².